The van der Waals surface area contributed by atoms with Crippen LogP contribution in [0.1, 0.15) is 43.4 Å². The van der Waals surface area contributed by atoms with Crippen LogP contribution in [0.4, 0.5) is 13.2 Å². The fourth-order valence-corrected chi connectivity index (χ4v) is 7.94. The molecule has 1 atom stereocenters. The molecular weight excluding hydrogens is 543 g/mol. The van der Waals surface area contributed by atoms with E-state index in [0.717, 1.165) is 41.3 Å². The molecule has 1 saturated heterocycles. The summed E-state index contributed by atoms with van der Waals surface area (Å²) in [5, 5.41) is 4.33. The number of aromatic nitrogens is 2. The highest BCUT2D eigenvalue weighted by atomic mass is 33.1. The molecular formula is C25H26F3N3O3S3. The summed E-state index contributed by atoms with van der Waals surface area (Å²) >= 11 is 0. The quantitative estimate of drug-likeness (QED) is 0.238. The number of hydrogen-bond acceptors (Lipinski definition) is 6. The number of hydrogen-bond donors (Lipinski definition) is 1. The van der Waals surface area contributed by atoms with Crippen molar-refractivity contribution < 1.29 is 26.4 Å². The smallest absolute Gasteiger partial charge is 0.274 e. The molecule has 0 saturated carbocycles. The van der Waals surface area contributed by atoms with Crippen molar-refractivity contribution in [3.05, 3.63) is 65.9 Å². The second kappa shape index (κ2) is 11.5. The highest BCUT2D eigenvalue weighted by molar-refractivity contribution is 8.77. The summed E-state index contributed by atoms with van der Waals surface area (Å²) in [4.78, 5) is 12.1. The third kappa shape index (κ3) is 7.11. The Bertz CT molecular complexity index is 1330. The minimum Gasteiger partial charge on any atom is -0.274 e. The molecule has 1 N–H and O–H groups in total. The third-order valence-corrected chi connectivity index (χ3v) is 10.3. The number of unbranched alkanes of at least 4 members (excludes halogenated alkanes) is 1. The van der Waals surface area contributed by atoms with E-state index in [4.69, 9.17) is 0 Å². The lowest BCUT2D eigenvalue weighted by Gasteiger charge is -2.11. The first-order chi connectivity index (χ1) is 17.5. The normalized spacial score (nSPS) is 16.2. The van der Waals surface area contributed by atoms with Crippen LogP contribution in [-0.4, -0.2) is 35.1 Å². The predicted octanol–water partition coefficient (Wildman–Crippen LogP) is 6.39. The Morgan fingerprint density at radius 2 is 1.81 bits per heavy atom. The number of carbonyl (C=O) groups excluding carboxylic acids is 1. The molecule has 3 aromatic rings. The van der Waals surface area contributed by atoms with Gasteiger partial charge < -0.3 is 0 Å². The number of carbonyl (C=O) groups is 1. The summed E-state index contributed by atoms with van der Waals surface area (Å²) in [6, 6.07) is 13.1. The van der Waals surface area contributed by atoms with Gasteiger partial charge in [0.1, 0.15) is 0 Å². The van der Waals surface area contributed by atoms with Crippen molar-refractivity contribution in [1.29, 1.82) is 0 Å². The number of amides is 1. The van der Waals surface area contributed by atoms with Gasteiger partial charge in [0.15, 0.2) is 5.69 Å². The first-order valence-electron chi connectivity index (χ1n) is 11.7. The molecule has 12 heteroatoms. The van der Waals surface area contributed by atoms with Gasteiger partial charge in [-0.3, -0.25) is 4.79 Å². The molecule has 0 radical (unpaired) electrons. The predicted molar refractivity (Wildman–Crippen MR) is 141 cm³/mol. The Morgan fingerprint density at radius 3 is 2.43 bits per heavy atom. The number of halogens is 3. The molecule has 4 rings (SSSR count). The number of aryl methyl sites for hydroxylation is 1. The number of alkyl halides is 3. The highest BCUT2D eigenvalue weighted by Gasteiger charge is 2.35. The molecule has 198 valence electrons. The van der Waals surface area contributed by atoms with Gasteiger partial charge in [0.2, 0.25) is 5.91 Å². The van der Waals surface area contributed by atoms with E-state index in [-0.39, 0.29) is 22.7 Å². The van der Waals surface area contributed by atoms with Crippen molar-refractivity contribution in [1.82, 2.24) is 14.5 Å². The van der Waals surface area contributed by atoms with Crippen molar-refractivity contribution in [2.75, 3.05) is 5.75 Å². The van der Waals surface area contributed by atoms with E-state index < -0.39 is 27.8 Å². The number of rotatable bonds is 9. The van der Waals surface area contributed by atoms with Gasteiger partial charge in [-0.25, -0.2) is 17.8 Å². The van der Waals surface area contributed by atoms with Crippen LogP contribution in [0.3, 0.4) is 0 Å². The summed E-state index contributed by atoms with van der Waals surface area (Å²) in [6.07, 6.45) is -0.914. The van der Waals surface area contributed by atoms with Gasteiger partial charge in [-0.1, -0.05) is 57.8 Å². The molecule has 1 aliphatic rings. The zero-order chi connectivity index (χ0) is 26.6. The molecule has 0 spiro atoms. The number of benzene rings is 2. The molecule has 37 heavy (non-hydrogen) atoms. The van der Waals surface area contributed by atoms with E-state index in [1.54, 1.807) is 24.3 Å². The van der Waals surface area contributed by atoms with Gasteiger partial charge >= 0.3 is 6.18 Å². The minimum absolute atomic E-state index is 0.106. The summed E-state index contributed by atoms with van der Waals surface area (Å²) in [5.74, 6) is 0.561. The van der Waals surface area contributed by atoms with E-state index in [1.165, 1.54) is 24.3 Å². The average Bonchev–Trinajstić information content (AvgIpc) is 3.52. The summed E-state index contributed by atoms with van der Waals surface area (Å²) < 4.78 is 68.8. The van der Waals surface area contributed by atoms with Crippen molar-refractivity contribution in [2.24, 2.45) is 0 Å². The molecule has 6 nitrogen and oxygen atoms in total. The van der Waals surface area contributed by atoms with Gasteiger partial charge in [-0.2, -0.15) is 18.3 Å². The molecule has 1 aliphatic heterocycles. The fourth-order valence-electron chi connectivity index (χ4n) is 3.89. The van der Waals surface area contributed by atoms with Crippen LogP contribution < -0.4 is 4.72 Å². The SMILES string of the molecule is Cc1ccc(-c2cc(C(F)(F)F)nn2-c2ccc(S(=O)(=O)NC(=O)CCCCC3CCSS3)cc2)cc1. The fraction of sp³-hybridized carbons (Fsp3) is 0.360. The molecule has 1 aromatic heterocycles. The highest BCUT2D eigenvalue weighted by Crippen LogP contribution is 2.40. The maximum absolute atomic E-state index is 13.4. The second-order valence-corrected chi connectivity index (χ2v) is 13.3. The molecule has 0 bridgehead atoms. The minimum atomic E-state index is -4.65. The molecule has 1 amide bonds. The third-order valence-electron chi connectivity index (χ3n) is 5.89. The number of nitrogens with one attached hydrogen (secondary N) is 1. The van der Waals surface area contributed by atoms with E-state index in [9.17, 15) is 26.4 Å². The van der Waals surface area contributed by atoms with Gasteiger partial charge in [-0.05, 0) is 56.5 Å². The Morgan fingerprint density at radius 1 is 1.11 bits per heavy atom. The lowest BCUT2D eigenvalue weighted by Crippen LogP contribution is -2.30. The van der Waals surface area contributed by atoms with Gasteiger partial charge in [0, 0.05) is 23.0 Å². The summed E-state index contributed by atoms with van der Waals surface area (Å²) in [6.45, 7) is 1.87. The van der Waals surface area contributed by atoms with Crippen molar-refractivity contribution in [3.63, 3.8) is 0 Å². The molecule has 0 aliphatic carbocycles. The average molecular weight is 570 g/mol. The van der Waals surface area contributed by atoms with Crippen LogP contribution in [0, 0.1) is 6.92 Å². The maximum Gasteiger partial charge on any atom is 0.435 e. The Labute approximate surface area is 221 Å². The Balaban J connectivity index is 1.47. The lowest BCUT2D eigenvalue weighted by atomic mass is 10.1. The first kappa shape index (κ1) is 27.6. The lowest BCUT2D eigenvalue weighted by molar-refractivity contribution is -0.141. The van der Waals surface area contributed by atoms with Crippen LogP contribution >= 0.6 is 21.6 Å². The van der Waals surface area contributed by atoms with E-state index in [0.29, 0.717) is 17.2 Å². The Hall–Kier alpha value is -2.44. The zero-order valence-corrected chi connectivity index (χ0v) is 22.4. The summed E-state index contributed by atoms with van der Waals surface area (Å²) in [5.41, 5.74) is 0.889. The van der Waals surface area contributed by atoms with Crippen molar-refractivity contribution >= 4 is 37.5 Å². The monoisotopic (exact) mass is 569 g/mol. The van der Waals surface area contributed by atoms with Crippen LogP contribution in [0.15, 0.2) is 59.5 Å². The summed E-state index contributed by atoms with van der Waals surface area (Å²) in [7, 11) is -0.388. The topological polar surface area (TPSA) is 81.1 Å². The van der Waals surface area contributed by atoms with E-state index in [2.05, 4.69) is 9.82 Å². The maximum atomic E-state index is 13.4. The van der Waals surface area contributed by atoms with Crippen molar-refractivity contribution in [2.45, 2.75) is 55.3 Å². The second-order valence-electron chi connectivity index (χ2n) is 8.79. The zero-order valence-electron chi connectivity index (χ0n) is 20.0. The number of sulfonamides is 1. The number of nitrogens with zero attached hydrogens (tertiary/aromatic N) is 2. The molecule has 1 fully saturated rings. The molecule has 2 aromatic carbocycles. The van der Waals surface area contributed by atoms with Crippen LogP contribution in [0.2, 0.25) is 0 Å². The van der Waals surface area contributed by atoms with Gasteiger partial charge in [0.05, 0.1) is 16.3 Å². The van der Waals surface area contributed by atoms with Crippen molar-refractivity contribution in [3.8, 4) is 16.9 Å². The van der Waals surface area contributed by atoms with Crippen LogP contribution in [0.25, 0.3) is 16.9 Å². The van der Waals surface area contributed by atoms with Gasteiger partial charge in [-0.15, -0.1) is 0 Å². The Kier molecular flexibility index (Phi) is 8.59. The largest absolute Gasteiger partial charge is 0.435 e. The molecule has 2 heterocycles. The van der Waals surface area contributed by atoms with E-state index >= 15 is 0 Å². The molecule has 1 unspecified atom stereocenters. The standard InChI is InChI=1S/C25H26F3N3O3S3/c1-17-6-8-18(9-7-17)22-16-23(25(26,27)28)29-31(22)19-10-12-21(13-11-19)37(33,34)30-24(32)5-3-2-4-20-14-15-35-36-20/h6-13,16,20H,2-5,14-15H2,1H3,(H,30,32). The van der Waals surface area contributed by atoms with Gasteiger partial charge in [0.25, 0.3) is 10.0 Å². The first-order valence-corrected chi connectivity index (χ1v) is 15.6. The van der Waals surface area contributed by atoms with Crippen LogP contribution in [0.5, 0.6) is 0 Å². The van der Waals surface area contributed by atoms with E-state index in [1.807, 2.05) is 28.5 Å². The van der Waals surface area contributed by atoms with Crippen LogP contribution in [-0.2, 0) is 21.0 Å².